The number of allylic oxidation sites excluding steroid dienone is 2. The number of aliphatic hydroxyl groups excluding tert-OH is 1. The van der Waals surface area contributed by atoms with E-state index in [0.717, 1.165) is 44.2 Å². The van der Waals surface area contributed by atoms with E-state index in [1.54, 1.807) is 6.92 Å². The number of carbonyl (C=O) groups excluding carboxylic acids is 2. The number of carboxylic acids is 1. The van der Waals surface area contributed by atoms with Crippen molar-refractivity contribution in [3.8, 4) is 0 Å². The Kier molecular flexibility index (Phi) is 6.91. The van der Waals surface area contributed by atoms with Crippen LogP contribution in [-0.4, -0.2) is 52.8 Å². The number of hydrogen-bond acceptors (Lipinski definition) is 6. The Balaban J connectivity index is 1.41. The summed E-state index contributed by atoms with van der Waals surface area (Å²) in [5.41, 5.74) is 2.54. The third-order valence-electron chi connectivity index (χ3n) is 9.66. The van der Waals surface area contributed by atoms with Gasteiger partial charge in [-0.3, -0.25) is 9.59 Å². The third kappa shape index (κ3) is 4.30. The van der Waals surface area contributed by atoms with E-state index < -0.39 is 31.1 Å². The van der Waals surface area contributed by atoms with Crippen molar-refractivity contribution >= 4 is 23.4 Å². The van der Waals surface area contributed by atoms with Crippen LogP contribution in [-0.2, 0) is 19.2 Å². The van der Waals surface area contributed by atoms with E-state index in [9.17, 15) is 14.4 Å². The van der Waals surface area contributed by atoms with E-state index in [-0.39, 0.29) is 16.7 Å². The number of oxime groups is 1. The lowest BCUT2D eigenvalue weighted by molar-refractivity contribution is -0.143. The van der Waals surface area contributed by atoms with Crippen LogP contribution in [0.5, 0.6) is 0 Å². The predicted octanol–water partition coefficient (Wildman–Crippen LogP) is 3.09. The number of carboxylic acid groups (broad SMARTS) is 1. The van der Waals surface area contributed by atoms with Gasteiger partial charge in [0.15, 0.2) is 6.61 Å². The summed E-state index contributed by atoms with van der Waals surface area (Å²) in [5.74, 6) is 0.619. The first-order valence-electron chi connectivity index (χ1n) is 12.6. The molecule has 8 nitrogen and oxygen atoms in total. The molecule has 7 atom stereocenters. The molecule has 0 spiro atoms. The van der Waals surface area contributed by atoms with Gasteiger partial charge < -0.3 is 20.4 Å². The Labute approximate surface area is 201 Å². The van der Waals surface area contributed by atoms with Crippen LogP contribution in [0.3, 0.4) is 0 Å². The van der Waals surface area contributed by atoms with Gasteiger partial charge in [0.1, 0.15) is 11.8 Å². The highest BCUT2D eigenvalue weighted by atomic mass is 16.6. The first-order chi connectivity index (χ1) is 16.1. The fourth-order valence-corrected chi connectivity index (χ4v) is 7.91. The van der Waals surface area contributed by atoms with Gasteiger partial charge in [-0.1, -0.05) is 24.6 Å². The molecule has 0 aromatic carbocycles. The van der Waals surface area contributed by atoms with Gasteiger partial charge in [0, 0.05) is 5.92 Å². The molecule has 4 aliphatic carbocycles. The van der Waals surface area contributed by atoms with Crippen molar-refractivity contribution in [1.29, 1.82) is 0 Å². The van der Waals surface area contributed by atoms with Crippen LogP contribution in [0, 0.1) is 34.5 Å². The minimum Gasteiger partial charge on any atom is -0.480 e. The van der Waals surface area contributed by atoms with Gasteiger partial charge in [0.2, 0.25) is 0 Å². The molecule has 188 valence electrons. The lowest BCUT2D eigenvalue weighted by Gasteiger charge is -2.58. The maximum absolute atomic E-state index is 12.3. The molecular formula is C26H38N2O6. The van der Waals surface area contributed by atoms with Crippen LogP contribution >= 0.6 is 0 Å². The number of nitrogens with one attached hydrogen (secondary N) is 1. The number of nitrogens with zero attached hydrogens (tertiary/aromatic N) is 1. The molecule has 0 aromatic rings. The Morgan fingerprint density at radius 2 is 1.91 bits per heavy atom. The number of aliphatic carboxylic acids is 1. The minimum atomic E-state index is -1.35. The van der Waals surface area contributed by atoms with Gasteiger partial charge in [0.05, 0.1) is 12.3 Å². The maximum atomic E-state index is 12.3. The second-order valence-electron chi connectivity index (χ2n) is 11.3. The molecular weight excluding hydrogens is 436 g/mol. The van der Waals surface area contributed by atoms with Crippen LogP contribution < -0.4 is 5.32 Å². The number of amides is 1. The highest BCUT2D eigenvalue weighted by molar-refractivity contribution is 5.96. The number of carbonyl (C=O) groups is 3. The lowest BCUT2D eigenvalue weighted by Crippen LogP contribution is -2.51. The van der Waals surface area contributed by atoms with Crippen molar-refractivity contribution in [2.75, 3.05) is 13.2 Å². The summed E-state index contributed by atoms with van der Waals surface area (Å²) in [6.45, 7) is 5.48. The van der Waals surface area contributed by atoms with E-state index >= 15 is 0 Å². The Morgan fingerprint density at radius 1 is 1.15 bits per heavy atom. The predicted molar refractivity (Wildman–Crippen MR) is 126 cm³/mol. The molecule has 0 heterocycles. The molecule has 3 fully saturated rings. The van der Waals surface area contributed by atoms with Crippen molar-refractivity contribution in [3.63, 3.8) is 0 Å². The molecule has 0 aromatic heterocycles. The first-order valence-corrected chi connectivity index (χ1v) is 12.6. The SMILES string of the molecule is CC(=O)[C@H]1CC[C@H]2[C@@H]3CCC4=C/C(=N/OCC(=O)N[C@@H](CO)C(=O)O)CC[C@]4(C)[C@H]3CC[C@]12C. The standard InChI is InChI=1S/C26H38N2O6/c1-15(30)19-6-7-20-18-5-4-16-12-17(28-34-14-23(31)27-22(13-29)24(32)33)8-10-25(16,2)21(18)9-11-26(19,20)3/h12,18-22,29H,4-11,13-14H2,1-3H3,(H,27,31)(H,32,33)/b28-17+/t18-,19+,20-,21-,22-,25-,26+/m0/s1. The third-order valence-corrected chi connectivity index (χ3v) is 9.66. The number of Topliss-reactive ketones (excluding diaryl/α,β-unsaturated/α-hetero) is 1. The van der Waals surface area contributed by atoms with Crippen molar-refractivity contribution < 1.29 is 29.4 Å². The monoisotopic (exact) mass is 474 g/mol. The van der Waals surface area contributed by atoms with Crippen molar-refractivity contribution in [2.24, 2.45) is 39.7 Å². The zero-order valence-electron chi connectivity index (χ0n) is 20.5. The average Bonchev–Trinajstić information content (AvgIpc) is 3.15. The second-order valence-corrected chi connectivity index (χ2v) is 11.3. The van der Waals surface area contributed by atoms with Gasteiger partial charge in [-0.2, -0.15) is 0 Å². The van der Waals surface area contributed by atoms with E-state index in [1.165, 1.54) is 18.4 Å². The molecule has 8 heteroatoms. The Hall–Kier alpha value is -2.22. The summed E-state index contributed by atoms with van der Waals surface area (Å²) in [6, 6.07) is -1.35. The number of ketones is 1. The fourth-order valence-electron chi connectivity index (χ4n) is 7.91. The molecule has 1 amide bonds. The molecule has 0 bridgehead atoms. The molecule has 3 saturated carbocycles. The fraction of sp³-hybridized carbons (Fsp3) is 0.769. The number of rotatable bonds is 7. The summed E-state index contributed by atoms with van der Waals surface area (Å²) in [5, 5.41) is 24.3. The topological polar surface area (TPSA) is 125 Å². The van der Waals surface area contributed by atoms with E-state index in [1.807, 2.05) is 0 Å². The van der Waals surface area contributed by atoms with Crippen LogP contribution in [0.25, 0.3) is 0 Å². The smallest absolute Gasteiger partial charge is 0.328 e. The van der Waals surface area contributed by atoms with Gasteiger partial charge in [-0.05, 0) is 93.0 Å². The van der Waals surface area contributed by atoms with E-state index in [4.69, 9.17) is 15.1 Å². The minimum absolute atomic E-state index is 0.144. The summed E-state index contributed by atoms with van der Waals surface area (Å²) in [4.78, 5) is 40.3. The zero-order chi connectivity index (χ0) is 24.7. The normalized spacial score (nSPS) is 38.7. The molecule has 4 aliphatic rings. The highest BCUT2D eigenvalue weighted by Gasteiger charge is 2.59. The van der Waals surface area contributed by atoms with Crippen LogP contribution in [0.2, 0.25) is 0 Å². The van der Waals surface area contributed by atoms with Crippen LogP contribution in [0.15, 0.2) is 16.8 Å². The molecule has 0 aliphatic heterocycles. The molecule has 4 rings (SSSR count). The molecule has 0 radical (unpaired) electrons. The molecule has 3 N–H and O–H groups in total. The van der Waals surface area contributed by atoms with E-state index in [2.05, 4.69) is 30.4 Å². The zero-order valence-corrected chi connectivity index (χ0v) is 20.5. The van der Waals surface area contributed by atoms with Gasteiger partial charge in [-0.25, -0.2) is 4.79 Å². The van der Waals surface area contributed by atoms with E-state index in [0.29, 0.717) is 23.5 Å². The van der Waals surface area contributed by atoms with Gasteiger partial charge >= 0.3 is 5.97 Å². The van der Waals surface area contributed by atoms with Crippen LogP contribution in [0.4, 0.5) is 0 Å². The summed E-state index contributed by atoms with van der Waals surface area (Å²) >= 11 is 0. The molecule has 0 saturated heterocycles. The summed E-state index contributed by atoms with van der Waals surface area (Å²) in [6.07, 6.45) is 10.6. The Morgan fingerprint density at radius 3 is 2.59 bits per heavy atom. The summed E-state index contributed by atoms with van der Waals surface area (Å²) in [7, 11) is 0. The summed E-state index contributed by atoms with van der Waals surface area (Å²) < 4.78 is 0. The first kappa shape index (κ1) is 24.9. The van der Waals surface area contributed by atoms with Gasteiger partial charge in [0.25, 0.3) is 5.91 Å². The second kappa shape index (κ2) is 9.44. The number of aliphatic hydroxyl groups is 1. The molecule has 0 unspecified atom stereocenters. The molecule has 34 heavy (non-hydrogen) atoms. The van der Waals surface area contributed by atoms with Crippen LogP contribution in [0.1, 0.15) is 72.1 Å². The maximum Gasteiger partial charge on any atom is 0.328 e. The largest absolute Gasteiger partial charge is 0.480 e. The van der Waals surface area contributed by atoms with Gasteiger partial charge in [-0.15, -0.1) is 0 Å². The average molecular weight is 475 g/mol. The van der Waals surface area contributed by atoms with Crippen molar-refractivity contribution in [2.45, 2.75) is 78.2 Å². The number of hydrogen-bond donors (Lipinski definition) is 3. The van der Waals surface area contributed by atoms with Crippen molar-refractivity contribution in [1.82, 2.24) is 5.32 Å². The number of fused-ring (bicyclic) bond motifs is 5. The lowest BCUT2D eigenvalue weighted by atomic mass is 9.46. The highest BCUT2D eigenvalue weighted by Crippen LogP contribution is 2.66. The Bertz CT molecular complexity index is 913. The van der Waals surface area contributed by atoms with Crippen molar-refractivity contribution in [3.05, 3.63) is 11.6 Å². The quantitative estimate of drug-likeness (QED) is 0.487.